The van der Waals surface area contributed by atoms with Crippen molar-refractivity contribution in [1.82, 2.24) is 0 Å². The molecule has 1 rings (SSSR count). The van der Waals surface area contributed by atoms with E-state index < -0.39 is 12.7 Å². The Bertz CT molecular complexity index is 300. The number of rotatable bonds is 2. The van der Waals surface area contributed by atoms with E-state index in [4.69, 9.17) is 0 Å². The fourth-order valence-electron chi connectivity index (χ4n) is 0.550. The van der Waals surface area contributed by atoms with Gasteiger partial charge in [-0.05, 0) is 6.92 Å². The first-order chi connectivity index (χ1) is 6.57. The molecule has 0 amide bonds. The van der Waals surface area contributed by atoms with Crippen LogP contribution in [0.5, 0.6) is 0 Å². The van der Waals surface area contributed by atoms with E-state index in [1.54, 1.807) is 24.9 Å². The van der Waals surface area contributed by atoms with Crippen molar-refractivity contribution in [3.8, 4) is 0 Å². The summed E-state index contributed by atoms with van der Waals surface area (Å²) >= 11 is 0. The van der Waals surface area contributed by atoms with Crippen molar-refractivity contribution in [2.45, 2.75) is 6.92 Å². The van der Waals surface area contributed by atoms with Gasteiger partial charge < -0.3 is 0 Å². The first-order valence-electron chi connectivity index (χ1n) is 4.15. The van der Waals surface area contributed by atoms with Crippen LogP contribution in [0.4, 0.5) is 5.69 Å². The van der Waals surface area contributed by atoms with Gasteiger partial charge in [-0.1, -0.05) is 22.8 Å². The standard InChI is InChI=1S/C6H5NO2.C3H8OP/c8-7(9)6-4-2-1-3-5-6;1-3-5(2)4/h1-5H;3H2,1-2H3/q;+1. The molecule has 0 aliphatic heterocycles. The third-order valence-corrected chi connectivity index (χ3v) is 2.30. The molecule has 0 saturated heterocycles. The first-order valence-corrected chi connectivity index (χ1v) is 6.04. The third-order valence-electron chi connectivity index (χ3n) is 1.41. The minimum atomic E-state index is -0.848. The molecular formula is C9H13NO3P+. The molecule has 14 heavy (non-hydrogen) atoms. The summed E-state index contributed by atoms with van der Waals surface area (Å²) in [7, 11) is -0.848. The van der Waals surface area contributed by atoms with Crippen molar-refractivity contribution in [2.75, 3.05) is 12.8 Å². The molecule has 1 aromatic carbocycles. The van der Waals surface area contributed by atoms with Crippen molar-refractivity contribution in [3.63, 3.8) is 0 Å². The summed E-state index contributed by atoms with van der Waals surface area (Å²) in [6.45, 7) is 3.65. The van der Waals surface area contributed by atoms with Crippen LogP contribution in [0.1, 0.15) is 6.92 Å². The van der Waals surface area contributed by atoms with Gasteiger partial charge in [-0.25, -0.2) is 0 Å². The molecule has 0 aliphatic carbocycles. The second kappa shape index (κ2) is 7.15. The largest absolute Gasteiger partial charge is 0.335 e. The van der Waals surface area contributed by atoms with E-state index in [-0.39, 0.29) is 5.69 Å². The van der Waals surface area contributed by atoms with Crippen LogP contribution in [-0.2, 0) is 4.57 Å². The van der Waals surface area contributed by atoms with Crippen LogP contribution in [0.25, 0.3) is 0 Å². The highest BCUT2D eigenvalue weighted by Crippen LogP contribution is 2.09. The van der Waals surface area contributed by atoms with Gasteiger partial charge in [0.2, 0.25) is 0 Å². The molecule has 0 aromatic heterocycles. The average Bonchev–Trinajstić information content (AvgIpc) is 2.20. The maximum atomic E-state index is 10.0. The average molecular weight is 214 g/mol. The van der Waals surface area contributed by atoms with Crippen LogP contribution < -0.4 is 0 Å². The van der Waals surface area contributed by atoms with E-state index >= 15 is 0 Å². The van der Waals surface area contributed by atoms with Gasteiger partial charge in [-0.15, -0.1) is 0 Å². The van der Waals surface area contributed by atoms with Crippen molar-refractivity contribution >= 4 is 13.5 Å². The predicted molar refractivity (Wildman–Crippen MR) is 57.2 cm³/mol. The highest BCUT2D eigenvalue weighted by atomic mass is 31.1. The summed E-state index contributed by atoms with van der Waals surface area (Å²) in [6.07, 6.45) is 0.815. The van der Waals surface area contributed by atoms with E-state index in [2.05, 4.69) is 0 Å². The van der Waals surface area contributed by atoms with Crippen molar-refractivity contribution in [1.29, 1.82) is 0 Å². The summed E-state index contributed by atoms with van der Waals surface area (Å²) in [5, 5.41) is 10.0. The quantitative estimate of drug-likeness (QED) is 0.431. The molecular weight excluding hydrogens is 201 g/mol. The SMILES string of the molecule is CC[P+](C)=O.O=[N+]([O-])c1ccccc1. The van der Waals surface area contributed by atoms with Gasteiger partial charge in [-0.2, -0.15) is 0 Å². The molecule has 76 valence electrons. The lowest BCUT2D eigenvalue weighted by Gasteiger charge is -1.85. The summed E-state index contributed by atoms with van der Waals surface area (Å²) in [4.78, 5) is 9.59. The van der Waals surface area contributed by atoms with Crippen molar-refractivity contribution < 1.29 is 9.49 Å². The van der Waals surface area contributed by atoms with Crippen molar-refractivity contribution in [3.05, 3.63) is 40.4 Å². The van der Waals surface area contributed by atoms with Crippen LogP contribution in [0.2, 0.25) is 0 Å². The monoisotopic (exact) mass is 214 g/mol. The van der Waals surface area contributed by atoms with E-state index in [0.29, 0.717) is 0 Å². The number of hydrogen-bond donors (Lipinski definition) is 0. The molecule has 1 aromatic rings. The maximum absolute atomic E-state index is 10.0. The molecule has 0 N–H and O–H groups in total. The second-order valence-corrected chi connectivity index (χ2v) is 4.43. The molecule has 0 fully saturated rings. The Morgan fingerprint density at radius 1 is 1.36 bits per heavy atom. The minimum absolute atomic E-state index is 0.137. The Kier molecular flexibility index (Phi) is 6.50. The van der Waals surface area contributed by atoms with Crippen LogP contribution >= 0.6 is 7.80 Å². The number of hydrogen-bond acceptors (Lipinski definition) is 3. The number of para-hydroxylation sites is 1. The molecule has 0 spiro atoms. The highest BCUT2D eigenvalue weighted by molar-refractivity contribution is 7.43. The van der Waals surface area contributed by atoms with Crippen molar-refractivity contribution in [2.24, 2.45) is 0 Å². The van der Waals surface area contributed by atoms with Gasteiger partial charge in [0.15, 0.2) is 0 Å². The number of nitro benzene ring substituents is 1. The van der Waals surface area contributed by atoms with Gasteiger partial charge in [0, 0.05) is 12.1 Å². The molecule has 4 nitrogen and oxygen atoms in total. The Hall–Kier alpha value is -1.28. The Labute approximate surface area is 83.9 Å². The zero-order valence-corrected chi connectivity index (χ0v) is 9.11. The Morgan fingerprint density at radius 3 is 2.00 bits per heavy atom. The third kappa shape index (κ3) is 6.26. The molecule has 0 radical (unpaired) electrons. The lowest BCUT2D eigenvalue weighted by atomic mass is 10.3. The van der Waals surface area contributed by atoms with Gasteiger partial charge in [0.1, 0.15) is 12.8 Å². The first kappa shape index (κ1) is 12.7. The van der Waals surface area contributed by atoms with Gasteiger partial charge in [0.25, 0.3) is 5.69 Å². The predicted octanol–water partition coefficient (Wildman–Crippen LogP) is 3.06. The van der Waals surface area contributed by atoms with Gasteiger partial charge in [0.05, 0.1) is 4.92 Å². The normalized spacial score (nSPS) is 9.71. The topological polar surface area (TPSA) is 60.2 Å². The van der Waals surface area contributed by atoms with E-state index in [9.17, 15) is 14.7 Å². The molecule has 5 heteroatoms. The smallest absolute Gasteiger partial charge is 0.258 e. The number of nitrogens with zero attached hydrogens (tertiary/aromatic N) is 1. The van der Waals surface area contributed by atoms with Gasteiger partial charge in [-0.3, -0.25) is 10.1 Å². The molecule has 0 saturated carbocycles. The lowest BCUT2D eigenvalue weighted by Crippen LogP contribution is -1.84. The summed E-state index contributed by atoms with van der Waals surface area (Å²) in [5.74, 6) is 0. The summed E-state index contributed by atoms with van der Waals surface area (Å²) < 4.78 is 9.96. The van der Waals surface area contributed by atoms with E-state index in [1.807, 2.05) is 6.92 Å². The zero-order chi connectivity index (χ0) is 11.0. The maximum Gasteiger partial charge on any atom is 0.335 e. The molecule has 0 heterocycles. The highest BCUT2D eigenvalue weighted by Gasteiger charge is 1.98. The van der Waals surface area contributed by atoms with Crippen LogP contribution in [0.3, 0.4) is 0 Å². The second-order valence-electron chi connectivity index (χ2n) is 2.54. The molecule has 0 aliphatic rings. The minimum Gasteiger partial charge on any atom is -0.258 e. The fraction of sp³-hybridized carbons (Fsp3) is 0.333. The van der Waals surface area contributed by atoms with Gasteiger partial charge >= 0.3 is 7.80 Å². The Balaban J connectivity index is 0.000000292. The number of nitro groups is 1. The number of benzene rings is 1. The van der Waals surface area contributed by atoms with E-state index in [0.717, 1.165) is 6.16 Å². The van der Waals surface area contributed by atoms with E-state index in [1.165, 1.54) is 12.1 Å². The fourth-order valence-corrected chi connectivity index (χ4v) is 0.550. The molecule has 1 atom stereocenters. The summed E-state index contributed by atoms with van der Waals surface area (Å²) in [6, 6.07) is 7.93. The van der Waals surface area contributed by atoms with Crippen LogP contribution in [-0.4, -0.2) is 17.8 Å². The van der Waals surface area contributed by atoms with Crippen LogP contribution in [0, 0.1) is 10.1 Å². The Morgan fingerprint density at radius 2 is 1.79 bits per heavy atom. The number of non-ortho nitro benzene ring substituents is 1. The molecule has 1 unspecified atom stereocenters. The zero-order valence-electron chi connectivity index (χ0n) is 8.21. The summed E-state index contributed by atoms with van der Waals surface area (Å²) in [5.41, 5.74) is 0.137. The lowest BCUT2D eigenvalue weighted by molar-refractivity contribution is -0.384. The molecule has 0 bridgehead atoms. The van der Waals surface area contributed by atoms with Crippen LogP contribution in [0.15, 0.2) is 30.3 Å².